The maximum absolute atomic E-state index is 11.1. The van der Waals surface area contributed by atoms with Gasteiger partial charge in [-0.3, -0.25) is 9.59 Å². The Morgan fingerprint density at radius 1 is 1.48 bits per heavy atom. The van der Waals surface area contributed by atoms with Gasteiger partial charge >= 0.3 is 5.97 Å². The van der Waals surface area contributed by atoms with E-state index in [0.29, 0.717) is 11.1 Å². The van der Waals surface area contributed by atoms with E-state index in [2.05, 4.69) is 0 Å². The first kappa shape index (κ1) is 14.8. The molecular weight excluding hydrogens is 292 g/mol. The minimum atomic E-state index is -0.975. The summed E-state index contributed by atoms with van der Waals surface area (Å²) in [6.45, 7) is 1.70. The largest absolute Gasteiger partial charge is 0.480 e. The van der Waals surface area contributed by atoms with Crippen molar-refractivity contribution in [2.45, 2.75) is 13.5 Å². The summed E-state index contributed by atoms with van der Waals surface area (Å²) in [5.41, 5.74) is 2.10. The molecule has 0 spiro atoms. The van der Waals surface area contributed by atoms with Crippen molar-refractivity contribution in [1.82, 2.24) is 4.57 Å². The fourth-order valence-electron chi connectivity index (χ4n) is 2.12. The van der Waals surface area contributed by atoms with Crippen molar-refractivity contribution in [3.8, 4) is 6.07 Å². The van der Waals surface area contributed by atoms with Gasteiger partial charge in [-0.15, -0.1) is 0 Å². The van der Waals surface area contributed by atoms with Crippen LogP contribution in [-0.4, -0.2) is 20.9 Å². The predicted octanol–water partition coefficient (Wildman–Crippen LogP) is 2.71. The van der Waals surface area contributed by atoms with Crippen LogP contribution >= 0.6 is 11.6 Å². The Bertz CT molecular complexity index is 812. The summed E-state index contributed by atoms with van der Waals surface area (Å²) < 4.78 is 1.55. The second kappa shape index (κ2) is 5.81. The van der Waals surface area contributed by atoms with E-state index in [1.54, 1.807) is 22.9 Å². The van der Waals surface area contributed by atoms with E-state index in [0.717, 1.165) is 10.9 Å². The SMILES string of the molecule is Cc1ccc2c(c1)c(/C=C(\C#N)C(=O)Cl)cn2CC(=O)O. The highest BCUT2D eigenvalue weighted by Crippen LogP contribution is 2.25. The number of carboxylic acids is 1. The molecule has 0 unspecified atom stereocenters. The zero-order valence-electron chi connectivity index (χ0n) is 11.1. The van der Waals surface area contributed by atoms with E-state index < -0.39 is 11.2 Å². The minimum absolute atomic E-state index is 0.187. The molecule has 5 nitrogen and oxygen atoms in total. The van der Waals surface area contributed by atoms with Gasteiger partial charge in [0.1, 0.15) is 18.2 Å². The second-order valence-electron chi connectivity index (χ2n) is 4.57. The van der Waals surface area contributed by atoms with E-state index in [9.17, 15) is 9.59 Å². The van der Waals surface area contributed by atoms with Gasteiger partial charge in [0, 0.05) is 22.7 Å². The molecule has 0 aliphatic heterocycles. The number of aliphatic carboxylic acids is 1. The Labute approximate surface area is 125 Å². The monoisotopic (exact) mass is 302 g/mol. The van der Waals surface area contributed by atoms with Crippen molar-refractivity contribution in [3.63, 3.8) is 0 Å². The first-order chi connectivity index (χ1) is 9.92. The van der Waals surface area contributed by atoms with Gasteiger partial charge in [0.25, 0.3) is 5.24 Å². The fraction of sp³-hybridized carbons (Fsp3) is 0.133. The zero-order chi connectivity index (χ0) is 15.6. The number of nitriles is 1. The highest BCUT2D eigenvalue weighted by molar-refractivity contribution is 6.68. The Balaban J connectivity index is 2.69. The van der Waals surface area contributed by atoms with E-state index in [-0.39, 0.29) is 12.1 Å². The van der Waals surface area contributed by atoms with Crippen molar-refractivity contribution < 1.29 is 14.7 Å². The van der Waals surface area contributed by atoms with Gasteiger partial charge in [-0.2, -0.15) is 5.26 Å². The second-order valence-corrected chi connectivity index (χ2v) is 4.91. The average Bonchev–Trinajstić information content (AvgIpc) is 2.72. The van der Waals surface area contributed by atoms with Gasteiger partial charge in [-0.25, -0.2) is 0 Å². The molecule has 0 amide bonds. The number of halogens is 1. The van der Waals surface area contributed by atoms with Gasteiger partial charge in [0.2, 0.25) is 0 Å². The molecule has 0 aliphatic carbocycles. The first-order valence-electron chi connectivity index (χ1n) is 6.05. The van der Waals surface area contributed by atoms with Gasteiger partial charge in [0.05, 0.1) is 0 Å². The molecule has 0 aliphatic rings. The lowest BCUT2D eigenvalue weighted by atomic mass is 10.1. The fourth-order valence-corrected chi connectivity index (χ4v) is 2.22. The van der Waals surface area contributed by atoms with E-state index >= 15 is 0 Å². The lowest BCUT2D eigenvalue weighted by Crippen LogP contribution is -2.07. The molecule has 0 atom stereocenters. The Morgan fingerprint density at radius 2 is 2.19 bits per heavy atom. The molecule has 0 fully saturated rings. The average molecular weight is 303 g/mol. The van der Waals surface area contributed by atoms with Gasteiger partial charge in [-0.1, -0.05) is 11.6 Å². The molecule has 0 radical (unpaired) electrons. The van der Waals surface area contributed by atoms with Gasteiger partial charge in [0.15, 0.2) is 0 Å². The molecule has 6 heteroatoms. The molecule has 1 aromatic heterocycles. The number of nitrogens with zero attached hydrogens (tertiary/aromatic N) is 2. The van der Waals surface area contributed by atoms with E-state index in [1.165, 1.54) is 6.08 Å². The van der Waals surface area contributed by atoms with Crippen molar-refractivity contribution >= 4 is 39.8 Å². The number of aryl methyl sites for hydroxylation is 1. The lowest BCUT2D eigenvalue weighted by Gasteiger charge is -2.01. The number of hydrogen-bond acceptors (Lipinski definition) is 3. The Hall–Kier alpha value is -2.58. The molecule has 0 bridgehead atoms. The van der Waals surface area contributed by atoms with E-state index in [4.69, 9.17) is 22.0 Å². The molecule has 106 valence electrons. The van der Waals surface area contributed by atoms with Gasteiger partial charge in [-0.05, 0) is 36.7 Å². The molecule has 0 saturated carbocycles. The number of carboxylic acid groups (broad SMARTS) is 1. The molecule has 1 heterocycles. The molecule has 2 rings (SSSR count). The molecule has 2 aromatic rings. The maximum atomic E-state index is 11.1. The molecule has 0 saturated heterocycles. The topological polar surface area (TPSA) is 83.1 Å². The van der Waals surface area contributed by atoms with Crippen LogP contribution in [0.25, 0.3) is 17.0 Å². The molecule has 21 heavy (non-hydrogen) atoms. The Kier molecular flexibility index (Phi) is 4.10. The maximum Gasteiger partial charge on any atom is 0.323 e. The third-order valence-electron chi connectivity index (χ3n) is 3.01. The standard InChI is InChI=1S/C15H11ClN2O3/c1-9-2-3-13-12(4-9)11(5-10(6-17)15(16)21)7-18(13)8-14(19)20/h2-5,7H,8H2,1H3,(H,19,20)/b10-5+. The molecule has 1 N–H and O–H groups in total. The first-order valence-corrected chi connectivity index (χ1v) is 6.43. The smallest absolute Gasteiger partial charge is 0.323 e. The number of rotatable bonds is 4. The number of fused-ring (bicyclic) bond motifs is 1. The Morgan fingerprint density at radius 3 is 2.76 bits per heavy atom. The van der Waals surface area contributed by atoms with Crippen molar-refractivity contribution in [2.75, 3.05) is 0 Å². The van der Waals surface area contributed by atoms with Crippen molar-refractivity contribution in [3.05, 3.63) is 41.1 Å². The van der Waals surface area contributed by atoms with Crippen LogP contribution in [0, 0.1) is 18.3 Å². The lowest BCUT2D eigenvalue weighted by molar-refractivity contribution is -0.137. The third kappa shape index (κ3) is 3.12. The van der Waals surface area contributed by atoms with Crippen LogP contribution in [0.3, 0.4) is 0 Å². The van der Waals surface area contributed by atoms with Crippen LogP contribution < -0.4 is 0 Å². The van der Waals surface area contributed by atoms with Crippen molar-refractivity contribution in [2.24, 2.45) is 0 Å². The molecular formula is C15H11ClN2O3. The summed E-state index contributed by atoms with van der Waals surface area (Å²) >= 11 is 5.34. The highest BCUT2D eigenvalue weighted by Gasteiger charge is 2.12. The highest BCUT2D eigenvalue weighted by atomic mass is 35.5. The summed E-state index contributed by atoms with van der Waals surface area (Å²) in [5.74, 6) is -0.975. The van der Waals surface area contributed by atoms with Crippen LogP contribution in [0.1, 0.15) is 11.1 Å². The molecule has 1 aromatic carbocycles. The van der Waals surface area contributed by atoms with Crippen LogP contribution in [0.2, 0.25) is 0 Å². The summed E-state index contributed by atoms with van der Waals surface area (Å²) in [5, 5.41) is 17.8. The summed E-state index contributed by atoms with van der Waals surface area (Å²) in [6, 6.07) is 7.27. The summed E-state index contributed by atoms with van der Waals surface area (Å²) in [4.78, 5) is 22.1. The van der Waals surface area contributed by atoms with E-state index in [1.807, 2.05) is 19.1 Å². The van der Waals surface area contributed by atoms with Crippen LogP contribution in [0.15, 0.2) is 30.0 Å². The number of aromatic nitrogens is 1. The third-order valence-corrected chi connectivity index (χ3v) is 3.21. The van der Waals surface area contributed by atoms with Crippen LogP contribution in [0.4, 0.5) is 0 Å². The predicted molar refractivity (Wildman–Crippen MR) is 78.8 cm³/mol. The number of benzene rings is 1. The number of allylic oxidation sites excluding steroid dienone is 1. The number of carbonyl (C=O) groups excluding carboxylic acids is 1. The normalized spacial score (nSPS) is 11.4. The van der Waals surface area contributed by atoms with Crippen LogP contribution in [0.5, 0.6) is 0 Å². The summed E-state index contributed by atoms with van der Waals surface area (Å²) in [7, 11) is 0. The number of carbonyl (C=O) groups is 2. The van der Waals surface area contributed by atoms with Gasteiger partial charge < -0.3 is 9.67 Å². The van der Waals surface area contributed by atoms with Crippen LogP contribution in [-0.2, 0) is 16.1 Å². The number of hydrogen-bond donors (Lipinski definition) is 1. The minimum Gasteiger partial charge on any atom is -0.480 e. The zero-order valence-corrected chi connectivity index (χ0v) is 11.9. The van der Waals surface area contributed by atoms with Crippen molar-refractivity contribution in [1.29, 1.82) is 5.26 Å². The quantitative estimate of drug-likeness (QED) is 0.535. The summed E-state index contributed by atoms with van der Waals surface area (Å²) in [6.07, 6.45) is 2.96.